The highest BCUT2D eigenvalue weighted by Crippen LogP contribution is 2.37. The normalized spacial score (nSPS) is 24.6. The number of hydrogen-bond acceptors (Lipinski definition) is 3. The number of hydrogen-bond donors (Lipinski definition) is 2. The quantitative estimate of drug-likeness (QED) is 0.874. The maximum absolute atomic E-state index is 12.3. The predicted molar refractivity (Wildman–Crippen MR) is 79.3 cm³/mol. The number of carboxylic acids is 1. The molecule has 1 unspecified atom stereocenters. The average molecular weight is 291 g/mol. The fourth-order valence-electron chi connectivity index (χ4n) is 2.92. The molecule has 21 heavy (non-hydrogen) atoms. The molecule has 114 valence electrons. The molecule has 0 aliphatic heterocycles. The first-order valence-corrected chi connectivity index (χ1v) is 7.27. The molecule has 1 aliphatic rings. The fraction of sp³-hybridized carbons (Fsp3) is 0.500. The Hall–Kier alpha value is -2.04. The summed E-state index contributed by atoms with van der Waals surface area (Å²) in [7, 11) is 0. The molecule has 1 saturated carbocycles. The number of benzene rings is 1. The van der Waals surface area contributed by atoms with Gasteiger partial charge in [-0.15, -0.1) is 0 Å². The summed E-state index contributed by atoms with van der Waals surface area (Å²) < 4.78 is 5.38. The second-order valence-corrected chi connectivity index (χ2v) is 5.58. The lowest BCUT2D eigenvalue weighted by molar-refractivity contribution is -0.145. The van der Waals surface area contributed by atoms with E-state index >= 15 is 0 Å². The molecular weight excluding hydrogens is 270 g/mol. The van der Waals surface area contributed by atoms with Gasteiger partial charge in [0.1, 0.15) is 5.75 Å². The number of amides is 1. The van der Waals surface area contributed by atoms with Gasteiger partial charge < -0.3 is 15.2 Å². The van der Waals surface area contributed by atoms with Crippen LogP contribution in [-0.4, -0.2) is 23.6 Å². The first kappa shape index (κ1) is 15.4. The smallest absolute Gasteiger partial charge is 0.307 e. The minimum absolute atomic E-state index is 0.222. The highest BCUT2D eigenvalue weighted by molar-refractivity contribution is 5.95. The molecule has 0 spiro atoms. The van der Waals surface area contributed by atoms with Crippen molar-refractivity contribution in [3.63, 3.8) is 0 Å². The summed E-state index contributed by atoms with van der Waals surface area (Å²) in [5.41, 5.74) is 0.634. The zero-order chi connectivity index (χ0) is 15.4. The van der Waals surface area contributed by atoms with E-state index in [9.17, 15) is 14.7 Å². The Morgan fingerprint density at radius 2 is 2.05 bits per heavy atom. The van der Waals surface area contributed by atoms with Crippen molar-refractivity contribution in [1.29, 1.82) is 0 Å². The molecular formula is C16H21NO4. The molecule has 2 rings (SSSR count). The van der Waals surface area contributed by atoms with Crippen LogP contribution in [0.2, 0.25) is 0 Å². The molecule has 0 radical (unpaired) electrons. The second-order valence-electron chi connectivity index (χ2n) is 5.58. The van der Waals surface area contributed by atoms with Crippen molar-refractivity contribution in [3.05, 3.63) is 24.3 Å². The number of aliphatic carboxylic acids is 1. The summed E-state index contributed by atoms with van der Waals surface area (Å²) in [6.07, 6.45) is 1.18. The molecule has 0 saturated heterocycles. The first-order valence-electron chi connectivity index (χ1n) is 7.27. The zero-order valence-electron chi connectivity index (χ0n) is 12.3. The molecule has 5 nitrogen and oxygen atoms in total. The van der Waals surface area contributed by atoms with Crippen molar-refractivity contribution in [3.8, 4) is 5.75 Å². The first-order chi connectivity index (χ1) is 10.0. The van der Waals surface area contributed by atoms with Crippen molar-refractivity contribution in [2.75, 3.05) is 11.9 Å². The molecule has 1 aromatic carbocycles. The van der Waals surface area contributed by atoms with Crippen LogP contribution in [0.1, 0.15) is 26.7 Å². The Bertz CT molecular complexity index is 529. The van der Waals surface area contributed by atoms with E-state index in [1.54, 1.807) is 18.2 Å². The van der Waals surface area contributed by atoms with Gasteiger partial charge in [0.15, 0.2) is 0 Å². The molecule has 1 amide bonds. The summed E-state index contributed by atoms with van der Waals surface area (Å²) >= 11 is 0. The Balaban J connectivity index is 2.07. The molecule has 1 aromatic rings. The minimum atomic E-state index is -0.887. The lowest BCUT2D eigenvalue weighted by Gasteiger charge is -2.16. The SMILES string of the molecule is CCOc1cccc(NC(=O)[C@H]2CC(C)C[C@H]2C(=O)O)c1. The van der Waals surface area contributed by atoms with Gasteiger partial charge in [0.05, 0.1) is 18.4 Å². The molecule has 0 aromatic heterocycles. The number of nitrogens with one attached hydrogen (secondary N) is 1. The van der Waals surface area contributed by atoms with Gasteiger partial charge in [0.2, 0.25) is 5.91 Å². The average Bonchev–Trinajstić information content (AvgIpc) is 2.82. The van der Waals surface area contributed by atoms with Crippen LogP contribution in [-0.2, 0) is 9.59 Å². The van der Waals surface area contributed by atoms with E-state index in [4.69, 9.17) is 4.74 Å². The number of carbonyl (C=O) groups excluding carboxylic acids is 1. The van der Waals surface area contributed by atoms with Gasteiger partial charge >= 0.3 is 5.97 Å². The molecule has 2 N–H and O–H groups in total. The summed E-state index contributed by atoms with van der Waals surface area (Å²) in [5.74, 6) is -1.22. The van der Waals surface area contributed by atoms with Crippen LogP contribution < -0.4 is 10.1 Å². The fourth-order valence-corrected chi connectivity index (χ4v) is 2.92. The van der Waals surface area contributed by atoms with E-state index in [2.05, 4.69) is 5.32 Å². The van der Waals surface area contributed by atoms with E-state index in [1.165, 1.54) is 0 Å². The number of carboxylic acid groups (broad SMARTS) is 1. The van der Waals surface area contributed by atoms with Gasteiger partial charge in [-0.2, -0.15) is 0 Å². The highest BCUT2D eigenvalue weighted by Gasteiger charge is 2.41. The lowest BCUT2D eigenvalue weighted by atomic mass is 9.95. The van der Waals surface area contributed by atoms with Crippen LogP contribution in [0.25, 0.3) is 0 Å². The summed E-state index contributed by atoms with van der Waals surface area (Å²) in [6, 6.07) is 7.13. The number of ether oxygens (including phenoxy) is 1. The van der Waals surface area contributed by atoms with Crippen LogP contribution in [0.3, 0.4) is 0 Å². The number of anilines is 1. The second kappa shape index (κ2) is 6.61. The third kappa shape index (κ3) is 3.74. The third-order valence-electron chi connectivity index (χ3n) is 3.86. The van der Waals surface area contributed by atoms with Crippen molar-refractivity contribution in [2.45, 2.75) is 26.7 Å². The molecule has 3 atom stereocenters. The maximum Gasteiger partial charge on any atom is 0.307 e. The minimum Gasteiger partial charge on any atom is -0.494 e. The highest BCUT2D eigenvalue weighted by atomic mass is 16.5. The Morgan fingerprint density at radius 1 is 1.33 bits per heavy atom. The largest absolute Gasteiger partial charge is 0.494 e. The number of carbonyl (C=O) groups is 2. The maximum atomic E-state index is 12.3. The Labute approximate surface area is 124 Å². The molecule has 5 heteroatoms. The van der Waals surface area contributed by atoms with E-state index in [0.29, 0.717) is 30.9 Å². The van der Waals surface area contributed by atoms with Crippen LogP contribution >= 0.6 is 0 Å². The molecule has 0 heterocycles. The molecule has 1 fully saturated rings. The Kier molecular flexibility index (Phi) is 4.83. The van der Waals surface area contributed by atoms with E-state index in [1.807, 2.05) is 19.9 Å². The Morgan fingerprint density at radius 3 is 2.71 bits per heavy atom. The van der Waals surface area contributed by atoms with Gasteiger partial charge in [-0.1, -0.05) is 13.0 Å². The van der Waals surface area contributed by atoms with Crippen LogP contribution in [0.15, 0.2) is 24.3 Å². The number of rotatable bonds is 5. The van der Waals surface area contributed by atoms with E-state index in [0.717, 1.165) is 0 Å². The molecule has 0 bridgehead atoms. The van der Waals surface area contributed by atoms with E-state index < -0.39 is 17.8 Å². The van der Waals surface area contributed by atoms with Gasteiger partial charge in [-0.3, -0.25) is 9.59 Å². The van der Waals surface area contributed by atoms with Crippen LogP contribution in [0.5, 0.6) is 5.75 Å². The topological polar surface area (TPSA) is 75.6 Å². The standard InChI is InChI=1S/C16H21NO4/c1-3-21-12-6-4-5-11(9-12)17-15(18)13-7-10(2)8-14(13)16(19)20/h4-6,9-10,13-14H,3,7-8H2,1-2H3,(H,17,18)(H,19,20)/t10?,13-,14+/m0/s1. The zero-order valence-corrected chi connectivity index (χ0v) is 12.3. The van der Waals surface area contributed by atoms with Gasteiger partial charge in [-0.25, -0.2) is 0 Å². The van der Waals surface area contributed by atoms with Crippen molar-refractivity contribution < 1.29 is 19.4 Å². The lowest BCUT2D eigenvalue weighted by Crippen LogP contribution is -2.29. The summed E-state index contributed by atoms with van der Waals surface area (Å²) in [6.45, 7) is 4.43. The van der Waals surface area contributed by atoms with Crippen LogP contribution in [0.4, 0.5) is 5.69 Å². The monoisotopic (exact) mass is 291 g/mol. The van der Waals surface area contributed by atoms with Gasteiger partial charge in [0.25, 0.3) is 0 Å². The molecule has 1 aliphatic carbocycles. The van der Waals surface area contributed by atoms with Gasteiger partial charge in [-0.05, 0) is 37.8 Å². The van der Waals surface area contributed by atoms with Crippen molar-refractivity contribution >= 4 is 17.6 Å². The third-order valence-corrected chi connectivity index (χ3v) is 3.86. The predicted octanol–water partition coefficient (Wildman–Crippen LogP) is 2.77. The van der Waals surface area contributed by atoms with Crippen LogP contribution in [0, 0.1) is 17.8 Å². The van der Waals surface area contributed by atoms with E-state index in [-0.39, 0.29) is 11.8 Å². The van der Waals surface area contributed by atoms with Crippen molar-refractivity contribution in [2.24, 2.45) is 17.8 Å². The summed E-state index contributed by atoms with van der Waals surface area (Å²) in [5, 5.41) is 12.0. The summed E-state index contributed by atoms with van der Waals surface area (Å²) in [4.78, 5) is 23.6. The van der Waals surface area contributed by atoms with Crippen molar-refractivity contribution in [1.82, 2.24) is 0 Å². The van der Waals surface area contributed by atoms with Gasteiger partial charge in [0, 0.05) is 11.8 Å².